The maximum absolute atomic E-state index is 12.0. The van der Waals surface area contributed by atoms with Crippen molar-refractivity contribution < 1.29 is 14.3 Å². The van der Waals surface area contributed by atoms with Crippen molar-refractivity contribution in [1.29, 1.82) is 0 Å². The van der Waals surface area contributed by atoms with E-state index in [9.17, 15) is 4.79 Å². The van der Waals surface area contributed by atoms with Crippen LogP contribution in [0.5, 0.6) is 11.5 Å². The van der Waals surface area contributed by atoms with Gasteiger partial charge in [-0.15, -0.1) is 11.8 Å². The van der Waals surface area contributed by atoms with Crippen LogP contribution in [0.4, 0.5) is 0 Å². The minimum absolute atomic E-state index is 0.0206. The molecule has 1 unspecified atom stereocenters. The summed E-state index contributed by atoms with van der Waals surface area (Å²) in [7, 11) is 3.24. The first-order chi connectivity index (χ1) is 9.76. The Hall–Kier alpha value is -1.36. The Morgan fingerprint density at radius 3 is 2.48 bits per heavy atom. The van der Waals surface area contributed by atoms with E-state index < -0.39 is 0 Å². The Bertz CT molecular complexity index is 483. The molecule has 21 heavy (non-hydrogen) atoms. The molecule has 4 nitrogen and oxygen atoms in total. The van der Waals surface area contributed by atoms with Crippen LogP contribution in [0.3, 0.4) is 0 Å². The van der Waals surface area contributed by atoms with E-state index in [1.165, 1.54) is 0 Å². The number of rotatable bonds is 6. The van der Waals surface area contributed by atoms with Gasteiger partial charge in [0.15, 0.2) is 0 Å². The highest BCUT2D eigenvalue weighted by atomic mass is 32.2. The molecule has 0 spiro atoms. The summed E-state index contributed by atoms with van der Waals surface area (Å²) in [6.45, 7) is 8.23. The summed E-state index contributed by atoms with van der Waals surface area (Å²) in [4.78, 5) is 12.0. The quantitative estimate of drug-likeness (QED) is 0.874. The summed E-state index contributed by atoms with van der Waals surface area (Å²) >= 11 is 1.63. The number of carbonyl (C=O) groups is 1. The van der Waals surface area contributed by atoms with Gasteiger partial charge in [0.25, 0.3) is 0 Å². The molecule has 0 aliphatic rings. The number of hydrogen-bond acceptors (Lipinski definition) is 4. The van der Waals surface area contributed by atoms with Crippen LogP contribution in [0.2, 0.25) is 0 Å². The Balaban J connectivity index is 2.74. The smallest absolute Gasteiger partial charge is 0.230 e. The number of carbonyl (C=O) groups excluding carboxylic acids is 1. The molecule has 0 bridgehead atoms. The number of amides is 1. The summed E-state index contributed by atoms with van der Waals surface area (Å²) in [5.41, 5.74) is 0.908. The van der Waals surface area contributed by atoms with E-state index in [1.807, 2.05) is 25.1 Å². The van der Waals surface area contributed by atoms with Gasteiger partial charge in [-0.1, -0.05) is 20.8 Å². The lowest BCUT2D eigenvalue weighted by atomic mass is 10.1. The average Bonchev–Trinajstić information content (AvgIpc) is 2.43. The Morgan fingerprint density at radius 1 is 1.29 bits per heavy atom. The van der Waals surface area contributed by atoms with Crippen molar-refractivity contribution >= 4 is 17.7 Å². The van der Waals surface area contributed by atoms with Gasteiger partial charge in [0.1, 0.15) is 11.5 Å². The van der Waals surface area contributed by atoms with Gasteiger partial charge in [0, 0.05) is 10.3 Å². The SMILES string of the molecule is COc1ccc(OC)c(C(C)NC(=O)CSC(C)(C)C)c1. The molecule has 0 radical (unpaired) electrons. The first kappa shape index (κ1) is 17.7. The zero-order chi connectivity index (χ0) is 16.0. The molecule has 0 saturated heterocycles. The fourth-order valence-electron chi connectivity index (χ4n) is 1.82. The van der Waals surface area contributed by atoms with Gasteiger partial charge in [-0.3, -0.25) is 4.79 Å². The second-order valence-electron chi connectivity index (χ2n) is 5.80. The Labute approximate surface area is 131 Å². The van der Waals surface area contributed by atoms with E-state index >= 15 is 0 Å². The summed E-state index contributed by atoms with van der Waals surface area (Å²) in [5.74, 6) is 1.95. The molecular weight excluding hydrogens is 286 g/mol. The second kappa shape index (κ2) is 7.59. The number of methoxy groups -OCH3 is 2. The number of nitrogens with one attached hydrogen (secondary N) is 1. The molecule has 1 N–H and O–H groups in total. The van der Waals surface area contributed by atoms with Crippen LogP contribution in [0.1, 0.15) is 39.3 Å². The maximum Gasteiger partial charge on any atom is 0.230 e. The fraction of sp³-hybridized carbons (Fsp3) is 0.562. The zero-order valence-electron chi connectivity index (χ0n) is 13.6. The monoisotopic (exact) mass is 311 g/mol. The molecule has 118 valence electrons. The molecule has 0 aliphatic carbocycles. The third-order valence-corrected chi connectivity index (χ3v) is 4.19. The topological polar surface area (TPSA) is 47.6 Å². The van der Waals surface area contributed by atoms with Crippen LogP contribution in [0.25, 0.3) is 0 Å². The van der Waals surface area contributed by atoms with E-state index in [4.69, 9.17) is 9.47 Å². The Kier molecular flexibility index (Phi) is 6.40. The van der Waals surface area contributed by atoms with E-state index in [1.54, 1.807) is 26.0 Å². The van der Waals surface area contributed by atoms with Crippen LogP contribution in [0, 0.1) is 0 Å². The standard InChI is InChI=1S/C16H25NO3S/c1-11(17-15(18)10-21-16(2,3)4)13-9-12(19-5)7-8-14(13)20-6/h7-9,11H,10H2,1-6H3,(H,17,18). The number of ether oxygens (including phenoxy) is 2. The molecule has 1 amide bonds. The molecular formula is C16H25NO3S. The van der Waals surface area contributed by atoms with Crippen molar-refractivity contribution in [3.8, 4) is 11.5 Å². The van der Waals surface area contributed by atoms with Crippen molar-refractivity contribution in [3.05, 3.63) is 23.8 Å². The first-order valence-corrected chi connectivity index (χ1v) is 7.90. The van der Waals surface area contributed by atoms with E-state index in [0.29, 0.717) is 5.75 Å². The minimum Gasteiger partial charge on any atom is -0.497 e. The lowest BCUT2D eigenvalue weighted by Gasteiger charge is -2.20. The summed E-state index contributed by atoms with van der Waals surface area (Å²) in [6, 6.07) is 5.44. The maximum atomic E-state index is 12.0. The highest BCUT2D eigenvalue weighted by Crippen LogP contribution is 2.29. The fourth-order valence-corrected chi connectivity index (χ4v) is 2.47. The van der Waals surface area contributed by atoms with Gasteiger partial charge in [-0.25, -0.2) is 0 Å². The molecule has 0 saturated carbocycles. The molecule has 1 aromatic rings. The van der Waals surface area contributed by atoms with Crippen molar-refractivity contribution in [2.24, 2.45) is 0 Å². The predicted octanol–water partition coefficient (Wildman–Crippen LogP) is 3.41. The molecule has 0 fully saturated rings. The van der Waals surface area contributed by atoms with Crippen LogP contribution in [-0.4, -0.2) is 30.6 Å². The van der Waals surface area contributed by atoms with Crippen LogP contribution in [-0.2, 0) is 4.79 Å². The lowest BCUT2D eigenvalue weighted by molar-refractivity contribution is -0.119. The number of thioether (sulfide) groups is 1. The molecule has 5 heteroatoms. The van der Waals surface area contributed by atoms with Gasteiger partial charge in [-0.2, -0.15) is 0 Å². The van der Waals surface area contributed by atoms with Gasteiger partial charge in [0.2, 0.25) is 5.91 Å². The van der Waals surface area contributed by atoms with E-state index in [0.717, 1.165) is 17.1 Å². The van der Waals surface area contributed by atoms with Crippen LogP contribution in [0.15, 0.2) is 18.2 Å². The van der Waals surface area contributed by atoms with Crippen molar-refractivity contribution in [1.82, 2.24) is 5.32 Å². The van der Waals surface area contributed by atoms with E-state index in [2.05, 4.69) is 26.1 Å². The summed E-state index contributed by atoms with van der Waals surface area (Å²) in [6.07, 6.45) is 0. The van der Waals surface area contributed by atoms with Gasteiger partial charge >= 0.3 is 0 Å². The van der Waals surface area contributed by atoms with Crippen molar-refractivity contribution in [3.63, 3.8) is 0 Å². The third-order valence-electron chi connectivity index (χ3n) is 2.92. The molecule has 0 heterocycles. The highest BCUT2D eigenvalue weighted by molar-refractivity contribution is 8.01. The number of benzene rings is 1. The summed E-state index contributed by atoms with van der Waals surface area (Å²) in [5, 5.41) is 3.00. The molecule has 1 atom stereocenters. The van der Waals surface area contributed by atoms with Crippen LogP contribution >= 0.6 is 11.8 Å². The van der Waals surface area contributed by atoms with Gasteiger partial charge in [-0.05, 0) is 25.1 Å². The van der Waals surface area contributed by atoms with Crippen molar-refractivity contribution in [2.45, 2.75) is 38.5 Å². The highest BCUT2D eigenvalue weighted by Gasteiger charge is 2.17. The normalized spacial score (nSPS) is 12.7. The first-order valence-electron chi connectivity index (χ1n) is 6.92. The largest absolute Gasteiger partial charge is 0.497 e. The molecule has 1 aromatic carbocycles. The minimum atomic E-state index is -0.136. The molecule has 0 aliphatic heterocycles. The second-order valence-corrected chi connectivity index (χ2v) is 7.60. The molecule has 0 aromatic heterocycles. The third kappa shape index (κ3) is 5.87. The Morgan fingerprint density at radius 2 is 1.95 bits per heavy atom. The number of hydrogen-bond donors (Lipinski definition) is 1. The van der Waals surface area contributed by atoms with Crippen molar-refractivity contribution in [2.75, 3.05) is 20.0 Å². The van der Waals surface area contributed by atoms with Gasteiger partial charge < -0.3 is 14.8 Å². The molecule has 1 rings (SSSR count). The predicted molar refractivity (Wildman–Crippen MR) is 88.3 cm³/mol. The summed E-state index contributed by atoms with van der Waals surface area (Å²) < 4.78 is 10.7. The lowest BCUT2D eigenvalue weighted by Crippen LogP contribution is -2.29. The van der Waals surface area contributed by atoms with Gasteiger partial charge in [0.05, 0.1) is 26.0 Å². The average molecular weight is 311 g/mol. The van der Waals surface area contributed by atoms with E-state index in [-0.39, 0.29) is 16.7 Å². The zero-order valence-corrected chi connectivity index (χ0v) is 14.5. The van der Waals surface area contributed by atoms with Crippen LogP contribution < -0.4 is 14.8 Å².